The van der Waals surface area contributed by atoms with Crippen molar-refractivity contribution in [2.75, 3.05) is 19.3 Å². The molecule has 0 spiro atoms. The number of pyridine rings is 1. The number of rotatable bonds is 4. The van der Waals surface area contributed by atoms with Crippen LogP contribution in [-0.2, 0) is 6.54 Å². The Morgan fingerprint density at radius 1 is 1.62 bits per heavy atom. The molecule has 0 bridgehead atoms. The van der Waals surface area contributed by atoms with Gasteiger partial charge in [-0.15, -0.1) is 6.58 Å². The van der Waals surface area contributed by atoms with Gasteiger partial charge in [0.15, 0.2) is 0 Å². The minimum Gasteiger partial charge on any atom is -0.397 e. The first-order valence-electron chi connectivity index (χ1n) is 4.22. The van der Waals surface area contributed by atoms with Crippen molar-refractivity contribution in [1.29, 1.82) is 0 Å². The topological polar surface area (TPSA) is 42.1 Å². The van der Waals surface area contributed by atoms with Gasteiger partial charge in [0.1, 0.15) is 0 Å². The summed E-state index contributed by atoms with van der Waals surface area (Å²) in [5.41, 5.74) is 7.25. The summed E-state index contributed by atoms with van der Waals surface area (Å²) in [5, 5.41) is 0. The zero-order valence-electron chi connectivity index (χ0n) is 7.90. The number of nitrogens with zero attached hydrogens (tertiary/aromatic N) is 2. The fourth-order valence-electron chi connectivity index (χ4n) is 1.09. The molecule has 70 valence electrons. The molecule has 3 heteroatoms. The molecule has 0 saturated heterocycles. The van der Waals surface area contributed by atoms with Crippen molar-refractivity contribution in [2.45, 2.75) is 6.54 Å². The van der Waals surface area contributed by atoms with Crippen LogP contribution >= 0.6 is 0 Å². The molecule has 0 aromatic carbocycles. The maximum absolute atomic E-state index is 5.52. The Hall–Kier alpha value is -1.35. The van der Waals surface area contributed by atoms with Crippen LogP contribution in [-0.4, -0.2) is 23.5 Å². The van der Waals surface area contributed by atoms with Gasteiger partial charge < -0.3 is 5.73 Å². The largest absolute Gasteiger partial charge is 0.397 e. The van der Waals surface area contributed by atoms with E-state index in [0.29, 0.717) is 5.69 Å². The zero-order chi connectivity index (χ0) is 9.68. The summed E-state index contributed by atoms with van der Waals surface area (Å²) in [4.78, 5) is 6.33. The molecule has 0 aliphatic rings. The summed E-state index contributed by atoms with van der Waals surface area (Å²) in [6, 6.07) is 3.80. The van der Waals surface area contributed by atoms with Crippen LogP contribution in [0, 0.1) is 0 Å². The lowest BCUT2D eigenvalue weighted by atomic mass is 10.3. The molecule has 0 aliphatic heterocycles. The molecule has 3 nitrogen and oxygen atoms in total. The Morgan fingerprint density at radius 3 is 2.92 bits per heavy atom. The number of likely N-dealkylation sites (N-methyl/N-ethyl adjacent to an activating group) is 1. The second-order valence-electron chi connectivity index (χ2n) is 3.07. The van der Waals surface area contributed by atoms with Crippen molar-refractivity contribution in [3.8, 4) is 0 Å². The van der Waals surface area contributed by atoms with Gasteiger partial charge in [0.25, 0.3) is 0 Å². The van der Waals surface area contributed by atoms with Gasteiger partial charge in [-0.25, -0.2) is 0 Å². The van der Waals surface area contributed by atoms with Crippen LogP contribution in [0.5, 0.6) is 0 Å². The van der Waals surface area contributed by atoms with Gasteiger partial charge in [0.05, 0.1) is 17.6 Å². The fraction of sp³-hybridized carbons (Fsp3) is 0.300. The van der Waals surface area contributed by atoms with E-state index in [2.05, 4.69) is 16.5 Å². The Bertz CT molecular complexity index is 266. The normalized spacial score (nSPS) is 10.3. The molecule has 0 fully saturated rings. The summed E-state index contributed by atoms with van der Waals surface area (Å²) in [7, 11) is 2.03. The van der Waals surface area contributed by atoms with Gasteiger partial charge in [-0.3, -0.25) is 9.88 Å². The van der Waals surface area contributed by atoms with E-state index in [4.69, 9.17) is 5.73 Å². The lowest BCUT2D eigenvalue weighted by Gasteiger charge is -2.12. The molecule has 1 rings (SSSR count). The van der Waals surface area contributed by atoms with Gasteiger partial charge in [0.2, 0.25) is 0 Å². The summed E-state index contributed by atoms with van der Waals surface area (Å²) < 4.78 is 0. The average molecular weight is 177 g/mol. The van der Waals surface area contributed by atoms with Gasteiger partial charge in [0, 0.05) is 13.1 Å². The molecule has 0 saturated carbocycles. The van der Waals surface area contributed by atoms with Crippen molar-refractivity contribution in [1.82, 2.24) is 9.88 Å². The van der Waals surface area contributed by atoms with Crippen LogP contribution in [0.1, 0.15) is 5.69 Å². The lowest BCUT2D eigenvalue weighted by Crippen LogP contribution is -2.18. The quantitative estimate of drug-likeness (QED) is 0.704. The van der Waals surface area contributed by atoms with Crippen LogP contribution in [0.4, 0.5) is 5.69 Å². The Labute approximate surface area is 78.9 Å². The maximum Gasteiger partial charge on any atom is 0.0545 e. The second kappa shape index (κ2) is 4.62. The highest BCUT2D eigenvalue weighted by Crippen LogP contribution is 2.03. The SMILES string of the molecule is C=CCN(C)Cc1ccc(N)cn1. The third kappa shape index (κ3) is 3.25. The van der Waals surface area contributed by atoms with Crippen molar-refractivity contribution < 1.29 is 0 Å². The van der Waals surface area contributed by atoms with Gasteiger partial charge in [-0.05, 0) is 19.2 Å². The minimum absolute atomic E-state index is 0.704. The maximum atomic E-state index is 5.52. The van der Waals surface area contributed by atoms with Gasteiger partial charge >= 0.3 is 0 Å². The van der Waals surface area contributed by atoms with Crippen molar-refractivity contribution in [3.05, 3.63) is 36.7 Å². The molecule has 0 radical (unpaired) electrons. The first kappa shape index (κ1) is 9.74. The van der Waals surface area contributed by atoms with Crippen LogP contribution in [0.2, 0.25) is 0 Å². The summed E-state index contributed by atoms with van der Waals surface area (Å²) in [6.07, 6.45) is 3.55. The van der Waals surface area contributed by atoms with E-state index < -0.39 is 0 Å². The summed E-state index contributed by atoms with van der Waals surface area (Å²) >= 11 is 0. The van der Waals surface area contributed by atoms with Crippen LogP contribution in [0.15, 0.2) is 31.0 Å². The smallest absolute Gasteiger partial charge is 0.0545 e. The number of anilines is 1. The highest BCUT2D eigenvalue weighted by atomic mass is 15.1. The predicted octanol–water partition coefficient (Wildman–Crippen LogP) is 1.28. The van der Waals surface area contributed by atoms with Crippen LogP contribution in [0.3, 0.4) is 0 Å². The van der Waals surface area contributed by atoms with E-state index in [1.807, 2.05) is 25.3 Å². The van der Waals surface area contributed by atoms with E-state index >= 15 is 0 Å². The van der Waals surface area contributed by atoms with E-state index in [0.717, 1.165) is 18.8 Å². The molecule has 0 atom stereocenters. The fourth-order valence-corrected chi connectivity index (χ4v) is 1.09. The van der Waals surface area contributed by atoms with E-state index in [-0.39, 0.29) is 0 Å². The molecule has 13 heavy (non-hydrogen) atoms. The second-order valence-corrected chi connectivity index (χ2v) is 3.07. The van der Waals surface area contributed by atoms with E-state index in [1.165, 1.54) is 0 Å². The predicted molar refractivity (Wildman–Crippen MR) is 55.2 cm³/mol. The Balaban J connectivity index is 2.53. The third-order valence-electron chi connectivity index (χ3n) is 1.72. The number of hydrogen-bond donors (Lipinski definition) is 1. The van der Waals surface area contributed by atoms with E-state index in [1.54, 1.807) is 6.20 Å². The average Bonchev–Trinajstić information content (AvgIpc) is 2.09. The van der Waals surface area contributed by atoms with E-state index in [9.17, 15) is 0 Å². The zero-order valence-corrected chi connectivity index (χ0v) is 7.90. The first-order valence-corrected chi connectivity index (χ1v) is 4.22. The Morgan fingerprint density at radius 2 is 2.38 bits per heavy atom. The number of hydrogen-bond acceptors (Lipinski definition) is 3. The van der Waals surface area contributed by atoms with Gasteiger partial charge in [-0.1, -0.05) is 6.08 Å². The van der Waals surface area contributed by atoms with Gasteiger partial charge in [-0.2, -0.15) is 0 Å². The summed E-state index contributed by atoms with van der Waals surface area (Å²) in [5.74, 6) is 0. The number of nitrogens with two attached hydrogens (primary N) is 1. The van der Waals surface area contributed by atoms with Crippen LogP contribution in [0.25, 0.3) is 0 Å². The highest BCUT2D eigenvalue weighted by Gasteiger charge is 1.98. The monoisotopic (exact) mass is 177 g/mol. The molecule has 1 aromatic heterocycles. The molecular weight excluding hydrogens is 162 g/mol. The third-order valence-corrected chi connectivity index (χ3v) is 1.72. The first-order chi connectivity index (χ1) is 6.22. The number of aromatic nitrogens is 1. The lowest BCUT2D eigenvalue weighted by molar-refractivity contribution is 0.359. The van der Waals surface area contributed by atoms with Crippen molar-refractivity contribution >= 4 is 5.69 Å². The van der Waals surface area contributed by atoms with Crippen LogP contribution < -0.4 is 5.73 Å². The molecule has 0 amide bonds. The highest BCUT2D eigenvalue weighted by molar-refractivity contribution is 5.34. The molecule has 1 heterocycles. The van der Waals surface area contributed by atoms with Crippen molar-refractivity contribution in [2.24, 2.45) is 0 Å². The molecule has 0 aliphatic carbocycles. The minimum atomic E-state index is 0.704. The molecule has 2 N–H and O–H groups in total. The molecule has 1 aromatic rings. The number of nitrogen functional groups attached to an aromatic ring is 1. The Kier molecular flexibility index (Phi) is 3.46. The molecular formula is C10H15N3. The van der Waals surface area contributed by atoms with Crippen molar-refractivity contribution in [3.63, 3.8) is 0 Å². The summed E-state index contributed by atoms with van der Waals surface area (Å²) in [6.45, 7) is 5.37. The molecule has 0 unspecified atom stereocenters. The standard InChI is InChI=1S/C10H15N3/c1-3-6-13(2)8-10-5-4-9(11)7-12-10/h3-5,7H,1,6,8,11H2,2H3.